The van der Waals surface area contributed by atoms with Crippen molar-refractivity contribution in [1.29, 1.82) is 0 Å². The van der Waals surface area contributed by atoms with Crippen LogP contribution in [-0.2, 0) is 9.59 Å². The van der Waals surface area contributed by atoms with E-state index < -0.39 is 11.8 Å². The Balaban J connectivity index is 0.000000220. The van der Waals surface area contributed by atoms with Crippen LogP contribution in [0.4, 0.5) is 4.39 Å². The van der Waals surface area contributed by atoms with Crippen LogP contribution < -0.4 is 9.47 Å². The number of para-hydroxylation sites is 2. The SMILES string of the molecule is CC(=O)Oc1ccccc1Cl.CC(=O)Oc1ccccc1F. The number of carbonyl (C=O) groups excluding carboxylic acids is 2. The van der Waals surface area contributed by atoms with E-state index in [0.717, 1.165) is 0 Å². The van der Waals surface area contributed by atoms with Crippen molar-refractivity contribution in [1.82, 2.24) is 0 Å². The van der Waals surface area contributed by atoms with Gasteiger partial charge in [0.1, 0.15) is 5.75 Å². The maximum Gasteiger partial charge on any atom is 0.308 e. The molecule has 0 unspecified atom stereocenters. The van der Waals surface area contributed by atoms with Crippen molar-refractivity contribution in [2.45, 2.75) is 13.8 Å². The number of rotatable bonds is 2. The summed E-state index contributed by atoms with van der Waals surface area (Å²) in [7, 11) is 0. The van der Waals surface area contributed by atoms with Crippen LogP contribution in [-0.4, -0.2) is 11.9 Å². The lowest BCUT2D eigenvalue weighted by molar-refractivity contribution is -0.132. The molecule has 2 aromatic carbocycles. The summed E-state index contributed by atoms with van der Waals surface area (Å²) in [6, 6.07) is 12.6. The van der Waals surface area contributed by atoms with Gasteiger partial charge < -0.3 is 9.47 Å². The Morgan fingerprint density at radius 1 is 0.864 bits per heavy atom. The Hall–Kier alpha value is -2.40. The maximum absolute atomic E-state index is 12.7. The van der Waals surface area contributed by atoms with E-state index in [1.54, 1.807) is 30.3 Å². The quantitative estimate of drug-likeness (QED) is 0.618. The molecule has 0 radical (unpaired) electrons. The van der Waals surface area contributed by atoms with Crippen LogP contribution >= 0.6 is 11.6 Å². The molecule has 0 heterocycles. The first-order chi connectivity index (χ1) is 10.4. The van der Waals surface area contributed by atoms with Crippen LogP contribution in [0.1, 0.15) is 13.8 Å². The third kappa shape index (κ3) is 6.37. The minimum atomic E-state index is -0.525. The predicted molar refractivity (Wildman–Crippen MR) is 80.5 cm³/mol. The van der Waals surface area contributed by atoms with Crippen LogP contribution in [0, 0.1) is 5.82 Å². The minimum Gasteiger partial charge on any atom is -0.425 e. The third-order valence-corrected chi connectivity index (χ3v) is 2.49. The molecule has 6 heteroatoms. The Morgan fingerprint density at radius 2 is 1.32 bits per heavy atom. The zero-order valence-electron chi connectivity index (χ0n) is 12.0. The molecule has 0 aliphatic carbocycles. The standard InChI is InChI=1S/C8H7ClO2.C8H7FO2/c2*1-6(10)11-8-5-3-2-4-7(8)9/h2*2-5H,1H3. The largest absolute Gasteiger partial charge is 0.425 e. The second-order valence-electron chi connectivity index (χ2n) is 4.05. The molecular weight excluding hydrogens is 311 g/mol. The van der Waals surface area contributed by atoms with Gasteiger partial charge in [0.25, 0.3) is 0 Å². The molecule has 0 aliphatic heterocycles. The first kappa shape index (κ1) is 17.7. The highest BCUT2D eigenvalue weighted by atomic mass is 35.5. The summed E-state index contributed by atoms with van der Waals surface area (Å²) in [5.74, 6) is -1.03. The first-order valence-electron chi connectivity index (χ1n) is 6.26. The lowest BCUT2D eigenvalue weighted by Gasteiger charge is -2.01. The highest BCUT2D eigenvalue weighted by Crippen LogP contribution is 2.22. The number of hydrogen-bond donors (Lipinski definition) is 0. The molecule has 0 saturated heterocycles. The molecular formula is C16H14ClFO4. The average Bonchev–Trinajstić information content (AvgIpc) is 2.44. The molecule has 0 amide bonds. The lowest BCUT2D eigenvalue weighted by Crippen LogP contribution is -2.02. The van der Waals surface area contributed by atoms with E-state index in [0.29, 0.717) is 10.8 Å². The number of esters is 2. The number of benzene rings is 2. The summed E-state index contributed by atoms with van der Waals surface area (Å²) in [6.45, 7) is 2.57. The van der Waals surface area contributed by atoms with Crippen LogP contribution in [0.5, 0.6) is 11.5 Å². The van der Waals surface area contributed by atoms with Crippen LogP contribution in [0.15, 0.2) is 48.5 Å². The Morgan fingerprint density at radius 3 is 1.82 bits per heavy atom. The highest BCUT2D eigenvalue weighted by Gasteiger charge is 2.02. The van der Waals surface area contributed by atoms with E-state index >= 15 is 0 Å². The maximum atomic E-state index is 12.7. The molecule has 116 valence electrons. The summed E-state index contributed by atoms with van der Waals surface area (Å²) in [4.78, 5) is 20.9. The van der Waals surface area contributed by atoms with E-state index in [1.807, 2.05) is 0 Å². The van der Waals surface area contributed by atoms with Crippen LogP contribution in [0.3, 0.4) is 0 Å². The van der Waals surface area contributed by atoms with E-state index in [4.69, 9.17) is 16.3 Å². The fraction of sp³-hybridized carbons (Fsp3) is 0.125. The molecule has 4 nitrogen and oxygen atoms in total. The second-order valence-corrected chi connectivity index (χ2v) is 4.46. The summed E-state index contributed by atoms with van der Waals surface area (Å²) < 4.78 is 22.0. The Kier molecular flexibility index (Phi) is 7.05. The fourth-order valence-corrected chi connectivity index (χ4v) is 1.54. The predicted octanol–water partition coefficient (Wildman–Crippen LogP) is 4.02. The summed E-state index contributed by atoms with van der Waals surface area (Å²) in [5, 5.41) is 0.447. The molecule has 0 fully saturated rings. The van der Waals surface area contributed by atoms with Gasteiger partial charge >= 0.3 is 11.9 Å². The minimum absolute atomic E-state index is 0.0278. The summed E-state index contributed by atoms with van der Waals surface area (Å²) >= 11 is 5.69. The van der Waals surface area contributed by atoms with Gasteiger partial charge in [-0.2, -0.15) is 0 Å². The van der Waals surface area contributed by atoms with Gasteiger partial charge in [0.2, 0.25) is 0 Å². The van der Waals surface area contributed by atoms with Gasteiger partial charge in [0, 0.05) is 13.8 Å². The zero-order valence-corrected chi connectivity index (χ0v) is 12.8. The van der Waals surface area contributed by atoms with E-state index in [2.05, 4.69) is 4.74 Å². The van der Waals surface area contributed by atoms with Gasteiger partial charge in [-0.1, -0.05) is 35.9 Å². The van der Waals surface area contributed by atoms with Crippen molar-refractivity contribution in [3.8, 4) is 11.5 Å². The molecule has 0 aromatic heterocycles. The second kappa shape index (κ2) is 8.79. The van der Waals surface area contributed by atoms with Crippen molar-refractivity contribution >= 4 is 23.5 Å². The monoisotopic (exact) mass is 324 g/mol. The van der Waals surface area contributed by atoms with Crippen molar-refractivity contribution < 1.29 is 23.5 Å². The molecule has 2 aromatic rings. The number of carbonyl (C=O) groups is 2. The topological polar surface area (TPSA) is 52.6 Å². The number of halogens is 2. The number of hydrogen-bond acceptors (Lipinski definition) is 4. The van der Waals surface area contributed by atoms with E-state index in [9.17, 15) is 14.0 Å². The van der Waals surface area contributed by atoms with Gasteiger partial charge in [-0.15, -0.1) is 0 Å². The smallest absolute Gasteiger partial charge is 0.308 e. The lowest BCUT2D eigenvalue weighted by atomic mass is 10.3. The molecule has 2 rings (SSSR count). The molecule has 0 saturated carbocycles. The van der Waals surface area contributed by atoms with Gasteiger partial charge in [0.05, 0.1) is 5.02 Å². The van der Waals surface area contributed by atoms with Gasteiger partial charge in [-0.25, -0.2) is 4.39 Å². The van der Waals surface area contributed by atoms with Crippen molar-refractivity contribution in [3.05, 3.63) is 59.4 Å². The van der Waals surface area contributed by atoms with Crippen molar-refractivity contribution in [3.63, 3.8) is 0 Å². The highest BCUT2D eigenvalue weighted by molar-refractivity contribution is 6.32. The molecule has 0 N–H and O–H groups in total. The van der Waals surface area contributed by atoms with Crippen molar-refractivity contribution in [2.24, 2.45) is 0 Å². The molecule has 0 bridgehead atoms. The van der Waals surface area contributed by atoms with Crippen LogP contribution in [0.25, 0.3) is 0 Å². The molecule has 22 heavy (non-hydrogen) atoms. The third-order valence-electron chi connectivity index (χ3n) is 2.18. The Bertz CT molecular complexity index is 601. The van der Waals surface area contributed by atoms with Gasteiger partial charge in [-0.3, -0.25) is 9.59 Å². The first-order valence-corrected chi connectivity index (χ1v) is 6.64. The summed E-state index contributed by atoms with van der Waals surface area (Å²) in [6.07, 6.45) is 0. The molecule has 0 spiro atoms. The normalized spacial score (nSPS) is 9.27. The molecule has 0 atom stereocenters. The zero-order chi connectivity index (χ0) is 16.5. The van der Waals surface area contributed by atoms with E-state index in [-0.39, 0.29) is 11.7 Å². The van der Waals surface area contributed by atoms with E-state index in [1.165, 1.54) is 32.0 Å². The van der Waals surface area contributed by atoms with Crippen LogP contribution in [0.2, 0.25) is 5.02 Å². The summed E-state index contributed by atoms with van der Waals surface area (Å²) in [5.41, 5.74) is 0. The molecule has 0 aliphatic rings. The van der Waals surface area contributed by atoms with Gasteiger partial charge in [-0.05, 0) is 24.3 Å². The van der Waals surface area contributed by atoms with Crippen molar-refractivity contribution in [2.75, 3.05) is 0 Å². The fourth-order valence-electron chi connectivity index (χ4n) is 1.36. The average molecular weight is 325 g/mol. The number of ether oxygens (including phenoxy) is 2. The van der Waals surface area contributed by atoms with Gasteiger partial charge in [0.15, 0.2) is 11.6 Å². The Labute approximate surface area is 132 Å².